The lowest BCUT2D eigenvalue weighted by molar-refractivity contribution is 0.356. The van der Waals surface area contributed by atoms with E-state index in [-0.39, 0.29) is 0 Å². The molecule has 1 nitrogen and oxygen atoms in total. The van der Waals surface area contributed by atoms with Crippen molar-refractivity contribution in [2.75, 3.05) is 13.1 Å². The maximum atomic E-state index is 3.51. The molecule has 1 heteroatoms. The molecule has 1 atom stereocenters. The minimum Gasteiger partial charge on any atom is -0.317 e. The predicted octanol–water partition coefficient (Wildman–Crippen LogP) is 4.62. The molecule has 0 aromatic carbocycles. The van der Waals surface area contributed by atoms with E-state index in [0.29, 0.717) is 0 Å². The van der Waals surface area contributed by atoms with Crippen LogP contribution < -0.4 is 5.32 Å². The summed E-state index contributed by atoms with van der Waals surface area (Å²) in [4.78, 5) is 0. The van der Waals surface area contributed by atoms with Crippen molar-refractivity contribution in [2.24, 2.45) is 11.8 Å². The van der Waals surface area contributed by atoms with Crippen molar-refractivity contribution in [3.8, 4) is 0 Å². The Labute approximate surface area is 103 Å². The second-order valence-corrected chi connectivity index (χ2v) is 5.51. The summed E-state index contributed by atoms with van der Waals surface area (Å²) in [6, 6.07) is 0. The maximum absolute atomic E-state index is 3.51. The van der Waals surface area contributed by atoms with Gasteiger partial charge in [-0.2, -0.15) is 0 Å². The molecule has 0 aliphatic carbocycles. The average molecular weight is 227 g/mol. The summed E-state index contributed by atoms with van der Waals surface area (Å²) < 4.78 is 0. The van der Waals surface area contributed by atoms with Gasteiger partial charge >= 0.3 is 0 Å². The van der Waals surface area contributed by atoms with Crippen LogP contribution in [-0.2, 0) is 0 Å². The molecule has 0 bridgehead atoms. The van der Waals surface area contributed by atoms with Crippen molar-refractivity contribution in [3.63, 3.8) is 0 Å². The van der Waals surface area contributed by atoms with E-state index in [9.17, 15) is 0 Å². The van der Waals surface area contributed by atoms with E-state index in [1.54, 1.807) is 0 Å². The predicted molar refractivity (Wildman–Crippen MR) is 74.9 cm³/mol. The summed E-state index contributed by atoms with van der Waals surface area (Å²) in [6.07, 6.45) is 9.90. The second kappa shape index (κ2) is 11.4. The molecule has 0 radical (unpaired) electrons. The maximum Gasteiger partial charge on any atom is -0.00205 e. The first-order valence-electron chi connectivity index (χ1n) is 7.41. The zero-order valence-electron chi connectivity index (χ0n) is 12.0. The van der Waals surface area contributed by atoms with E-state index in [0.717, 1.165) is 18.4 Å². The molecule has 0 saturated carbocycles. The van der Waals surface area contributed by atoms with Crippen LogP contribution in [0, 0.1) is 11.8 Å². The van der Waals surface area contributed by atoms with Crippen molar-refractivity contribution < 1.29 is 0 Å². The van der Waals surface area contributed by atoms with Crippen LogP contribution in [0.5, 0.6) is 0 Å². The van der Waals surface area contributed by atoms with Crippen molar-refractivity contribution in [1.82, 2.24) is 5.32 Å². The Balaban J connectivity index is 3.56. The smallest absolute Gasteiger partial charge is 0.00205 e. The van der Waals surface area contributed by atoms with Gasteiger partial charge in [0.25, 0.3) is 0 Å². The Bertz CT molecular complexity index is 131. The minimum atomic E-state index is 0.847. The summed E-state index contributed by atoms with van der Waals surface area (Å²) in [6.45, 7) is 11.5. The van der Waals surface area contributed by atoms with Gasteiger partial charge in [0.05, 0.1) is 0 Å². The highest BCUT2D eigenvalue weighted by molar-refractivity contribution is 4.64. The van der Waals surface area contributed by atoms with Gasteiger partial charge in [-0.15, -0.1) is 0 Å². The lowest BCUT2D eigenvalue weighted by Gasteiger charge is -2.19. The van der Waals surface area contributed by atoms with Gasteiger partial charge in [0.15, 0.2) is 0 Å². The molecule has 0 fully saturated rings. The zero-order valence-corrected chi connectivity index (χ0v) is 12.0. The zero-order chi connectivity index (χ0) is 12.2. The normalized spacial score (nSPS) is 13.3. The number of hydrogen-bond donors (Lipinski definition) is 1. The van der Waals surface area contributed by atoms with Crippen LogP contribution in [-0.4, -0.2) is 13.1 Å². The van der Waals surface area contributed by atoms with Crippen molar-refractivity contribution in [2.45, 2.75) is 72.6 Å². The highest BCUT2D eigenvalue weighted by Crippen LogP contribution is 2.18. The van der Waals surface area contributed by atoms with E-state index < -0.39 is 0 Å². The molecule has 1 unspecified atom stereocenters. The van der Waals surface area contributed by atoms with E-state index in [4.69, 9.17) is 0 Å². The summed E-state index contributed by atoms with van der Waals surface area (Å²) in [5, 5.41) is 3.51. The van der Waals surface area contributed by atoms with Crippen LogP contribution in [0.2, 0.25) is 0 Å². The fourth-order valence-electron chi connectivity index (χ4n) is 2.35. The summed E-state index contributed by atoms with van der Waals surface area (Å²) >= 11 is 0. The van der Waals surface area contributed by atoms with Gasteiger partial charge in [-0.25, -0.2) is 0 Å². The van der Waals surface area contributed by atoms with Crippen molar-refractivity contribution >= 4 is 0 Å². The van der Waals surface area contributed by atoms with Gasteiger partial charge < -0.3 is 5.32 Å². The van der Waals surface area contributed by atoms with Gasteiger partial charge in [0.1, 0.15) is 0 Å². The van der Waals surface area contributed by atoms with E-state index in [2.05, 4.69) is 33.0 Å². The molecule has 0 rings (SSSR count). The molecule has 0 saturated heterocycles. The number of nitrogens with one attached hydrogen (secondary N) is 1. The third-order valence-electron chi connectivity index (χ3n) is 3.20. The van der Waals surface area contributed by atoms with Gasteiger partial charge in [-0.1, -0.05) is 59.8 Å². The first-order valence-corrected chi connectivity index (χ1v) is 7.41. The quantitative estimate of drug-likeness (QED) is 0.508. The van der Waals surface area contributed by atoms with Crippen LogP contribution in [0.1, 0.15) is 72.6 Å². The van der Waals surface area contributed by atoms with Crippen LogP contribution in [0.4, 0.5) is 0 Å². The molecule has 0 aliphatic heterocycles. The van der Waals surface area contributed by atoms with E-state index in [1.807, 2.05) is 0 Å². The summed E-state index contributed by atoms with van der Waals surface area (Å²) in [7, 11) is 0. The SMILES string of the molecule is CCCCCCCC(CNCC)CC(C)C. The standard InChI is InChI=1S/C15H33N/c1-5-7-8-9-10-11-15(12-14(3)4)13-16-6-2/h14-16H,5-13H2,1-4H3. The van der Waals surface area contributed by atoms with Crippen LogP contribution in [0.25, 0.3) is 0 Å². The molecule has 0 aromatic rings. The Morgan fingerprint density at radius 3 is 2.19 bits per heavy atom. The molecule has 98 valence electrons. The molecular weight excluding hydrogens is 194 g/mol. The van der Waals surface area contributed by atoms with Crippen molar-refractivity contribution in [1.29, 1.82) is 0 Å². The van der Waals surface area contributed by atoms with E-state index in [1.165, 1.54) is 51.5 Å². The highest BCUT2D eigenvalue weighted by Gasteiger charge is 2.09. The summed E-state index contributed by atoms with van der Waals surface area (Å²) in [5.74, 6) is 1.75. The van der Waals surface area contributed by atoms with Crippen LogP contribution in [0.15, 0.2) is 0 Å². The first-order chi connectivity index (χ1) is 7.70. The monoisotopic (exact) mass is 227 g/mol. The third kappa shape index (κ3) is 10.5. The lowest BCUT2D eigenvalue weighted by Crippen LogP contribution is -2.23. The number of unbranched alkanes of at least 4 members (excludes halogenated alkanes) is 4. The fourth-order valence-corrected chi connectivity index (χ4v) is 2.35. The van der Waals surface area contributed by atoms with Gasteiger partial charge in [-0.05, 0) is 37.8 Å². The molecule has 0 amide bonds. The lowest BCUT2D eigenvalue weighted by atomic mass is 9.91. The van der Waals surface area contributed by atoms with Gasteiger partial charge in [-0.3, -0.25) is 0 Å². The minimum absolute atomic E-state index is 0.847. The molecule has 0 spiro atoms. The highest BCUT2D eigenvalue weighted by atomic mass is 14.8. The molecule has 1 N–H and O–H groups in total. The molecular formula is C15H33N. The molecule has 16 heavy (non-hydrogen) atoms. The Kier molecular flexibility index (Phi) is 11.4. The fraction of sp³-hybridized carbons (Fsp3) is 1.00. The molecule has 0 heterocycles. The molecule has 0 aliphatic rings. The summed E-state index contributed by atoms with van der Waals surface area (Å²) in [5.41, 5.74) is 0. The number of hydrogen-bond acceptors (Lipinski definition) is 1. The van der Waals surface area contributed by atoms with Gasteiger partial charge in [0.2, 0.25) is 0 Å². The third-order valence-corrected chi connectivity index (χ3v) is 3.20. The Hall–Kier alpha value is -0.0400. The average Bonchev–Trinajstić information content (AvgIpc) is 2.24. The first kappa shape index (κ1) is 16.0. The Morgan fingerprint density at radius 1 is 0.938 bits per heavy atom. The van der Waals surface area contributed by atoms with Crippen LogP contribution >= 0.6 is 0 Å². The number of rotatable bonds is 11. The van der Waals surface area contributed by atoms with Crippen LogP contribution in [0.3, 0.4) is 0 Å². The second-order valence-electron chi connectivity index (χ2n) is 5.51. The molecule has 0 aromatic heterocycles. The van der Waals surface area contributed by atoms with Gasteiger partial charge in [0, 0.05) is 0 Å². The Morgan fingerprint density at radius 2 is 1.62 bits per heavy atom. The largest absolute Gasteiger partial charge is 0.317 e. The van der Waals surface area contributed by atoms with E-state index >= 15 is 0 Å². The van der Waals surface area contributed by atoms with Crippen molar-refractivity contribution in [3.05, 3.63) is 0 Å². The topological polar surface area (TPSA) is 12.0 Å².